The van der Waals surface area contributed by atoms with E-state index < -0.39 is 24.4 Å². The van der Waals surface area contributed by atoms with E-state index in [0.717, 1.165) is 4.90 Å². The molecule has 0 bridgehead atoms. The average molecular weight is 258 g/mol. The van der Waals surface area contributed by atoms with Gasteiger partial charge in [-0.15, -0.1) is 0 Å². The summed E-state index contributed by atoms with van der Waals surface area (Å²) in [6.45, 7) is 0.344. The van der Waals surface area contributed by atoms with Crippen molar-refractivity contribution in [1.29, 1.82) is 0 Å². The molecule has 1 heterocycles. The zero-order chi connectivity index (χ0) is 13.1. The van der Waals surface area contributed by atoms with Crippen LogP contribution in [0, 0.1) is 0 Å². The van der Waals surface area contributed by atoms with Crippen molar-refractivity contribution >= 4 is 5.78 Å². The molecule has 17 heavy (non-hydrogen) atoms. The molecule has 98 valence electrons. The molecule has 1 rings (SSSR count). The fourth-order valence-electron chi connectivity index (χ4n) is 1.49. The van der Waals surface area contributed by atoms with E-state index in [9.17, 15) is 26.7 Å². The van der Waals surface area contributed by atoms with Crippen molar-refractivity contribution in [3.05, 3.63) is 12.3 Å². The number of ketones is 1. The molecule has 1 unspecified atom stereocenters. The molecule has 1 N–H and O–H groups in total. The Labute approximate surface area is 94.3 Å². The SMILES string of the molecule is O=C(C(F)F)C1CNCCN1/C=C/C(F)(F)F. The van der Waals surface area contributed by atoms with Gasteiger partial charge in [0.25, 0.3) is 6.43 Å². The predicted octanol–water partition coefficient (Wildman–Crippen LogP) is 1.17. The van der Waals surface area contributed by atoms with Gasteiger partial charge in [-0.25, -0.2) is 8.78 Å². The number of nitrogens with zero attached hydrogens (tertiary/aromatic N) is 1. The molecule has 1 aliphatic rings. The van der Waals surface area contributed by atoms with Crippen LogP contribution in [0.5, 0.6) is 0 Å². The Kier molecular flexibility index (Phi) is 4.44. The van der Waals surface area contributed by atoms with E-state index in [4.69, 9.17) is 0 Å². The van der Waals surface area contributed by atoms with Crippen molar-refractivity contribution in [2.45, 2.75) is 18.6 Å². The van der Waals surface area contributed by atoms with Crippen LogP contribution < -0.4 is 5.32 Å². The smallest absolute Gasteiger partial charge is 0.365 e. The van der Waals surface area contributed by atoms with Crippen LogP contribution in [-0.2, 0) is 4.79 Å². The van der Waals surface area contributed by atoms with Gasteiger partial charge in [0.1, 0.15) is 6.04 Å². The first-order valence-electron chi connectivity index (χ1n) is 4.85. The predicted molar refractivity (Wildman–Crippen MR) is 49.6 cm³/mol. The first kappa shape index (κ1) is 13.9. The Morgan fingerprint density at radius 1 is 1.41 bits per heavy atom. The summed E-state index contributed by atoms with van der Waals surface area (Å²) in [5.41, 5.74) is 0. The molecular weight excluding hydrogens is 247 g/mol. The lowest BCUT2D eigenvalue weighted by Gasteiger charge is -2.34. The van der Waals surface area contributed by atoms with Gasteiger partial charge in [-0.2, -0.15) is 13.2 Å². The first-order valence-corrected chi connectivity index (χ1v) is 4.85. The second kappa shape index (κ2) is 5.44. The van der Waals surface area contributed by atoms with Gasteiger partial charge in [0, 0.05) is 31.9 Å². The topological polar surface area (TPSA) is 32.3 Å². The second-order valence-corrected chi connectivity index (χ2v) is 3.52. The second-order valence-electron chi connectivity index (χ2n) is 3.52. The van der Waals surface area contributed by atoms with Gasteiger partial charge in [-0.3, -0.25) is 4.79 Å². The normalized spacial score (nSPS) is 22.5. The Balaban J connectivity index is 2.73. The number of alkyl halides is 5. The molecule has 1 fully saturated rings. The van der Waals surface area contributed by atoms with E-state index in [-0.39, 0.29) is 19.2 Å². The van der Waals surface area contributed by atoms with Gasteiger partial charge >= 0.3 is 6.18 Å². The molecule has 0 radical (unpaired) electrons. The van der Waals surface area contributed by atoms with Crippen molar-refractivity contribution in [2.24, 2.45) is 0 Å². The van der Waals surface area contributed by atoms with Crippen LogP contribution in [0.2, 0.25) is 0 Å². The average Bonchev–Trinajstić information content (AvgIpc) is 2.24. The highest BCUT2D eigenvalue weighted by molar-refractivity contribution is 5.87. The fourth-order valence-corrected chi connectivity index (χ4v) is 1.49. The molecule has 8 heteroatoms. The van der Waals surface area contributed by atoms with Crippen LogP contribution in [0.25, 0.3) is 0 Å². The highest BCUT2D eigenvalue weighted by atomic mass is 19.4. The van der Waals surface area contributed by atoms with Gasteiger partial charge in [0.2, 0.25) is 5.78 Å². The van der Waals surface area contributed by atoms with Gasteiger partial charge in [0.05, 0.1) is 0 Å². The fraction of sp³-hybridized carbons (Fsp3) is 0.667. The lowest BCUT2D eigenvalue weighted by Crippen LogP contribution is -2.54. The molecule has 1 aliphatic heterocycles. The summed E-state index contributed by atoms with van der Waals surface area (Å²) in [6, 6.07) is -1.25. The van der Waals surface area contributed by atoms with E-state index in [2.05, 4.69) is 5.32 Å². The summed E-state index contributed by atoms with van der Waals surface area (Å²) >= 11 is 0. The number of allylic oxidation sites excluding steroid dienone is 1. The number of carbonyl (C=O) groups is 1. The molecule has 1 saturated heterocycles. The molecule has 0 aromatic heterocycles. The molecule has 0 aromatic carbocycles. The quantitative estimate of drug-likeness (QED) is 0.771. The molecule has 0 saturated carbocycles. The zero-order valence-electron chi connectivity index (χ0n) is 8.68. The monoisotopic (exact) mass is 258 g/mol. The van der Waals surface area contributed by atoms with Crippen molar-refractivity contribution < 1.29 is 26.7 Å². The standard InChI is InChI=1S/C9H11F5N2O/c10-8(11)7(17)6-5-15-2-4-16(6)3-1-9(12,13)14/h1,3,6,8,15H,2,4-5H2/b3-1+. The van der Waals surface area contributed by atoms with Crippen molar-refractivity contribution in [1.82, 2.24) is 10.2 Å². The molecule has 0 aliphatic carbocycles. The molecule has 1 atom stereocenters. The minimum atomic E-state index is -4.52. The molecule has 0 amide bonds. The maximum Gasteiger partial charge on any atom is 0.411 e. The third-order valence-electron chi connectivity index (χ3n) is 2.28. The minimum absolute atomic E-state index is 0.0654. The Morgan fingerprint density at radius 3 is 2.59 bits per heavy atom. The highest BCUT2D eigenvalue weighted by Crippen LogP contribution is 2.18. The van der Waals surface area contributed by atoms with Crippen LogP contribution in [0.3, 0.4) is 0 Å². The number of halogens is 5. The summed E-state index contributed by atoms with van der Waals surface area (Å²) in [7, 11) is 0. The summed E-state index contributed by atoms with van der Waals surface area (Å²) in [5, 5.41) is 2.69. The number of hydrogen-bond donors (Lipinski definition) is 1. The molecule has 0 spiro atoms. The van der Waals surface area contributed by atoms with E-state index >= 15 is 0 Å². The first-order chi connectivity index (χ1) is 7.81. The number of rotatable bonds is 3. The molecule has 0 aromatic rings. The summed E-state index contributed by atoms with van der Waals surface area (Å²) in [6.07, 6.45) is -7.12. The van der Waals surface area contributed by atoms with E-state index in [1.54, 1.807) is 0 Å². The van der Waals surface area contributed by atoms with Gasteiger partial charge in [-0.05, 0) is 0 Å². The Morgan fingerprint density at radius 2 is 2.06 bits per heavy atom. The maximum atomic E-state index is 12.2. The van der Waals surface area contributed by atoms with E-state index in [1.165, 1.54) is 0 Å². The van der Waals surface area contributed by atoms with Gasteiger partial charge in [-0.1, -0.05) is 0 Å². The van der Waals surface area contributed by atoms with Crippen molar-refractivity contribution in [3.8, 4) is 0 Å². The molecule has 3 nitrogen and oxygen atoms in total. The number of nitrogens with one attached hydrogen (secondary N) is 1. The van der Waals surface area contributed by atoms with Crippen LogP contribution in [0.15, 0.2) is 12.3 Å². The summed E-state index contributed by atoms with van der Waals surface area (Å²) in [5.74, 6) is -1.37. The van der Waals surface area contributed by atoms with Crippen molar-refractivity contribution in [3.63, 3.8) is 0 Å². The van der Waals surface area contributed by atoms with Crippen LogP contribution >= 0.6 is 0 Å². The van der Waals surface area contributed by atoms with Crippen molar-refractivity contribution in [2.75, 3.05) is 19.6 Å². The number of carbonyl (C=O) groups excluding carboxylic acids is 1. The van der Waals surface area contributed by atoms with E-state index in [1.807, 2.05) is 0 Å². The molecular formula is C9H11F5N2O. The Bertz CT molecular complexity index is 302. The lowest BCUT2D eigenvalue weighted by atomic mass is 10.1. The number of piperazine rings is 1. The maximum absolute atomic E-state index is 12.2. The van der Waals surface area contributed by atoms with Crippen LogP contribution in [0.1, 0.15) is 0 Å². The third kappa shape index (κ3) is 4.29. The summed E-state index contributed by atoms with van der Waals surface area (Å²) < 4.78 is 60.2. The zero-order valence-corrected chi connectivity index (χ0v) is 8.68. The van der Waals surface area contributed by atoms with Crippen LogP contribution in [0.4, 0.5) is 22.0 Å². The highest BCUT2D eigenvalue weighted by Gasteiger charge is 2.33. The summed E-state index contributed by atoms with van der Waals surface area (Å²) in [4.78, 5) is 12.1. The largest absolute Gasteiger partial charge is 0.411 e. The Hall–Kier alpha value is -1.18. The van der Waals surface area contributed by atoms with Gasteiger partial charge < -0.3 is 10.2 Å². The van der Waals surface area contributed by atoms with E-state index in [0.29, 0.717) is 12.7 Å². The third-order valence-corrected chi connectivity index (χ3v) is 2.28. The number of Topliss-reactive ketones (excluding diaryl/α,β-unsaturated/α-hetero) is 1. The lowest BCUT2D eigenvalue weighted by molar-refractivity contribution is -0.134. The van der Waals surface area contributed by atoms with Gasteiger partial charge in [0.15, 0.2) is 0 Å². The minimum Gasteiger partial charge on any atom is -0.365 e. The van der Waals surface area contributed by atoms with Crippen LogP contribution in [-0.4, -0.2) is 49.0 Å². The number of hydrogen-bond acceptors (Lipinski definition) is 3.